The number of hydrogen-bond acceptors (Lipinski definition) is 6. The van der Waals surface area contributed by atoms with E-state index in [9.17, 15) is 14.9 Å². The van der Waals surface area contributed by atoms with E-state index in [1.54, 1.807) is 6.07 Å². The average molecular weight is 250 g/mol. The minimum absolute atomic E-state index is 0.0412. The Morgan fingerprint density at radius 1 is 1.47 bits per heavy atom. The molecule has 17 heavy (non-hydrogen) atoms. The van der Waals surface area contributed by atoms with E-state index in [2.05, 4.69) is 15.2 Å². The highest BCUT2D eigenvalue weighted by Crippen LogP contribution is 2.28. The summed E-state index contributed by atoms with van der Waals surface area (Å²) in [5.41, 5.74) is -0.165. The Kier molecular flexibility index (Phi) is 3.15. The monoisotopic (exact) mass is 250 g/mol. The van der Waals surface area contributed by atoms with Crippen LogP contribution >= 0.6 is 11.8 Å². The molecule has 2 rings (SSSR count). The molecule has 0 amide bonds. The summed E-state index contributed by atoms with van der Waals surface area (Å²) in [7, 11) is 0. The first kappa shape index (κ1) is 11.3. The van der Waals surface area contributed by atoms with E-state index in [1.165, 1.54) is 30.2 Å². The average Bonchev–Trinajstić information content (AvgIpc) is 2.81. The second-order valence-electron chi connectivity index (χ2n) is 2.99. The lowest BCUT2D eigenvalue weighted by atomic mass is 10.2. The third kappa shape index (κ3) is 2.48. The number of carbonyl (C=O) groups is 1. The Morgan fingerprint density at radius 2 is 2.29 bits per heavy atom. The van der Waals surface area contributed by atoms with E-state index < -0.39 is 4.92 Å². The van der Waals surface area contributed by atoms with Crippen molar-refractivity contribution in [1.29, 1.82) is 0 Å². The van der Waals surface area contributed by atoms with Crippen molar-refractivity contribution in [1.82, 2.24) is 15.2 Å². The van der Waals surface area contributed by atoms with Gasteiger partial charge in [-0.2, -0.15) is 5.10 Å². The van der Waals surface area contributed by atoms with Crippen LogP contribution in [-0.2, 0) is 0 Å². The number of aromatic nitrogens is 3. The molecule has 1 aromatic heterocycles. The van der Waals surface area contributed by atoms with Crippen molar-refractivity contribution in [2.24, 2.45) is 0 Å². The molecule has 0 saturated carbocycles. The zero-order valence-electron chi connectivity index (χ0n) is 8.36. The van der Waals surface area contributed by atoms with Crippen molar-refractivity contribution in [2.45, 2.75) is 10.1 Å². The number of carbonyl (C=O) groups excluding carboxylic acids is 1. The van der Waals surface area contributed by atoms with Gasteiger partial charge in [-0.15, -0.1) is 0 Å². The number of benzene rings is 1. The Bertz CT molecular complexity index is 555. The minimum Gasteiger partial charge on any atom is -0.298 e. The van der Waals surface area contributed by atoms with Gasteiger partial charge in [-0.1, -0.05) is 11.8 Å². The zero-order valence-corrected chi connectivity index (χ0v) is 9.18. The van der Waals surface area contributed by atoms with E-state index in [-0.39, 0.29) is 11.3 Å². The fourth-order valence-electron chi connectivity index (χ4n) is 1.21. The number of nitrogens with one attached hydrogen (secondary N) is 1. The highest BCUT2D eigenvalue weighted by Gasteiger charge is 2.14. The molecule has 0 spiro atoms. The maximum Gasteiger partial charge on any atom is 0.279 e. The summed E-state index contributed by atoms with van der Waals surface area (Å²) in [5, 5.41) is 17.5. The smallest absolute Gasteiger partial charge is 0.279 e. The molecule has 0 fully saturated rings. The van der Waals surface area contributed by atoms with E-state index in [1.807, 2.05) is 0 Å². The zero-order chi connectivity index (χ0) is 12.3. The van der Waals surface area contributed by atoms with Crippen LogP contribution in [0.3, 0.4) is 0 Å². The lowest BCUT2D eigenvalue weighted by molar-refractivity contribution is -0.385. The summed E-state index contributed by atoms with van der Waals surface area (Å²) in [6.45, 7) is 0. The predicted molar refractivity (Wildman–Crippen MR) is 59.0 cm³/mol. The molecule has 8 heteroatoms. The Morgan fingerprint density at radius 3 is 2.88 bits per heavy atom. The Hall–Kier alpha value is -2.22. The van der Waals surface area contributed by atoms with E-state index in [0.717, 1.165) is 0 Å². The molecule has 2 aromatic rings. The van der Waals surface area contributed by atoms with Crippen molar-refractivity contribution in [3.8, 4) is 0 Å². The first-order chi connectivity index (χ1) is 8.20. The highest BCUT2D eigenvalue weighted by atomic mass is 32.2. The van der Waals surface area contributed by atoms with Crippen LogP contribution in [0.15, 0.2) is 34.6 Å². The number of aldehydes is 1. The molecule has 0 aliphatic rings. The van der Waals surface area contributed by atoms with Crippen LogP contribution in [0, 0.1) is 10.1 Å². The molecule has 0 atom stereocenters. The van der Waals surface area contributed by atoms with Crippen molar-refractivity contribution in [2.75, 3.05) is 0 Å². The SMILES string of the molecule is O=Cc1cc(Sc2ncn[nH]2)ccc1[N+](=O)[O-]. The van der Waals surface area contributed by atoms with Gasteiger partial charge in [0.25, 0.3) is 5.69 Å². The molecule has 86 valence electrons. The third-order valence-electron chi connectivity index (χ3n) is 1.93. The number of aromatic amines is 1. The van der Waals surface area contributed by atoms with Gasteiger partial charge in [0.05, 0.1) is 10.5 Å². The van der Waals surface area contributed by atoms with Crippen LogP contribution in [0.5, 0.6) is 0 Å². The standard InChI is InChI=1S/C9H6N4O3S/c14-4-6-3-7(1-2-8(6)13(15)16)17-9-10-5-11-12-9/h1-5H,(H,10,11,12). The summed E-state index contributed by atoms with van der Waals surface area (Å²) in [5.74, 6) is 0. The molecule has 7 nitrogen and oxygen atoms in total. The van der Waals surface area contributed by atoms with Crippen LogP contribution in [0.4, 0.5) is 5.69 Å². The molecule has 1 aromatic carbocycles. The van der Waals surface area contributed by atoms with Gasteiger partial charge < -0.3 is 0 Å². The van der Waals surface area contributed by atoms with Crippen LogP contribution in [0.2, 0.25) is 0 Å². The fourth-order valence-corrected chi connectivity index (χ4v) is 1.96. The van der Waals surface area contributed by atoms with Crippen LogP contribution in [0.25, 0.3) is 0 Å². The number of nitro groups is 1. The number of H-pyrrole nitrogens is 1. The molecule has 1 N–H and O–H groups in total. The lowest BCUT2D eigenvalue weighted by Gasteiger charge is -1.99. The maximum absolute atomic E-state index is 10.7. The van der Waals surface area contributed by atoms with E-state index >= 15 is 0 Å². The quantitative estimate of drug-likeness (QED) is 0.503. The van der Waals surface area contributed by atoms with E-state index in [4.69, 9.17) is 0 Å². The van der Waals surface area contributed by atoms with Crippen molar-refractivity contribution in [3.63, 3.8) is 0 Å². The van der Waals surface area contributed by atoms with Crippen molar-refractivity contribution < 1.29 is 9.72 Å². The summed E-state index contributed by atoms with van der Waals surface area (Å²) < 4.78 is 0. The van der Waals surface area contributed by atoms with Gasteiger partial charge >= 0.3 is 0 Å². The number of nitrogens with zero attached hydrogens (tertiary/aromatic N) is 3. The van der Waals surface area contributed by atoms with Crippen LogP contribution in [-0.4, -0.2) is 26.4 Å². The number of nitro benzene ring substituents is 1. The minimum atomic E-state index is -0.591. The Balaban J connectivity index is 2.31. The highest BCUT2D eigenvalue weighted by molar-refractivity contribution is 7.99. The second kappa shape index (κ2) is 4.74. The molecule has 0 unspecified atom stereocenters. The first-order valence-corrected chi connectivity index (χ1v) is 5.29. The summed E-state index contributed by atoms with van der Waals surface area (Å²) in [6.07, 6.45) is 1.82. The largest absolute Gasteiger partial charge is 0.298 e. The summed E-state index contributed by atoms with van der Waals surface area (Å²) >= 11 is 1.23. The van der Waals surface area contributed by atoms with Crippen LogP contribution in [0.1, 0.15) is 10.4 Å². The summed E-state index contributed by atoms with van der Waals surface area (Å²) in [6, 6.07) is 4.29. The number of rotatable bonds is 4. The molecular formula is C9H6N4O3S. The van der Waals surface area contributed by atoms with Gasteiger partial charge in [-0.3, -0.25) is 20.0 Å². The van der Waals surface area contributed by atoms with Gasteiger partial charge in [0.1, 0.15) is 6.33 Å². The maximum atomic E-state index is 10.7. The second-order valence-corrected chi connectivity index (χ2v) is 4.05. The molecule has 0 saturated heterocycles. The van der Waals surface area contributed by atoms with Crippen molar-refractivity contribution in [3.05, 3.63) is 40.2 Å². The van der Waals surface area contributed by atoms with Crippen molar-refractivity contribution >= 4 is 23.7 Å². The fraction of sp³-hybridized carbons (Fsp3) is 0. The molecule has 1 heterocycles. The normalized spacial score (nSPS) is 10.1. The lowest BCUT2D eigenvalue weighted by Crippen LogP contribution is -1.94. The van der Waals surface area contributed by atoms with Gasteiger partial charge in [-0.05, 0) is 12.1 Å². The number of hydrogen-bond donors (Lipinski definition) is 1. The van der Waals surface area contributed by atoms with E-state index in [0.29, 0.717) is 16.3 Å². The molecule has 0 aliphatic carbocycles. The topological polar surface area (TPSA) is 102 Å². The van der Waals surface area contributed by atoms with Gasteiger partial charge in [0.2, 0.25) is 0 Å². The predicted octanol–water partition coefficient (Wildman–Crippen LogP) is 1.68. The molecule has 0 radical (unpaired) electrons. The molecular weight excluding hydrogens is 244 g/mol. The van der Waals surface area contributed by atoms with Gasteiger partial charge in [-0.25, -0.2) is 4.98 Å². The van der Waals surface area contributed by atoms with Gasteiger partial charge in [0, 0.05) is 11.0 Å². The summed E-state index contributed by atoms with van der Waals surface area (Å²) in [4.78, 5) is 25.3. The Labute approximate surface area is 99.4 Å². The third-order valence-corrected chi connectivity index (χ3v) is 2.81. The van der Waals surface area contributed by atoms with Gasteiger partial charge in [0.15, 0.2) is 11.4 Å². The first-order valence-electron chi connectivity index (χ1n) is 4.47. The molecule has 0 bridgehead atoms. The van der Waals surface area contributed by atoms with Crippen LogP contribution < -0.4 is 0 Å². The molecule has 0 aliphatic heterocycles.